The Hall–Kier alpha value is -0.770. The van der Waals surface area contributed by atoms with E-state index < -0.39 is 5.60 Å². The van der Waals surface area contributed by atoms with Gasteiger partial charge in [0.15, 0.2) is 0 Å². The zero-order valence-electron chi connectivity index (χ0n) is 10.8. The van der Waals surface area contributed by atoms with Crippen molar-refractivity contribution in [2.75, 3.05) is 13.1 Å². The van der Waals surface area contributed by atoms with E-state index in [0.717, 1.165) is 13.1 Å². The van der Waals surface area contributed by atoms with E-state index in [1.807, 2.05) is 25.7 Å². The maximum Gasteiger partial charge on any atom is 0.410 e. The molecule has 4 heteroatoms. The summed E-state index contributed by atoms with van der Waals surface area (Å²) in [5.74, 6) is 1.11. The van der Waals surface area contributed by atoms with Gasteiger partial charge < -0.3 is 14.4 Å². The molecule has 0 radical (unpaired) electrons. The monoisotopic (exact) mass is 239 g/mol. The third-order valence-corrected chi connectivity index (χ3v) is 4.10. The third kappa shape index (κ3) is 1.92. The average molecular weight is 239 g/mol. The van der Waals surface area contributed by atoms with Gasteiger partial charge in [0.05, 0.1) is 12.2 Å². The van der Waals surface area contributed by atoms with Gasteiger partial charge >= 0.3 is 6.09 Å². The number of likely N-dealkylation sites (tertiary alicyclic amines) is 1. The first-order valence-electron chi connectivity index (χ1n) is 6.57. The number of hydrogen-bond acceptors (Lipinski definition) is 3. The van der Waals surface area contributed by atoms with Crippen molar-refractivity contribution < 1.29 is 14.3 Å². The van der Waals surface area contributed by atoms with Crippen molar-refractivity contribution in [1.82, 2.24) is 4.90 Å². The van der Waals surface area contributed by atoms with E-state index in [1.165, 1.54) is 12.8 Å². The van der Waals surface area contributed by atoms with Crippen LogP contribution >= 0.6 is 0 Å². The Kier molecular flexibility index (Phi) is 2.41. The third-order valence-electron chi connectivity index (χ3n) is 4.10. The molecule has 3 saturated heterocycles. The van der Waals surface area contributed by atoms with Crippen LogP contribution in [0.4, 0.5) is 4.79 Å². The first-order valence-corrected chi connectivity index (χ1v) is 6.57. The lowest BCUT2D eigenvalue weighted by Gasteiger charge is -2.25. The summed E-state index contributed by atoms with van der Waals surface area (Å²) in [6.07, 6.45) is 2.99. The highest BCUT2D eigenvalue weighted by Crippen LogP contribution is 2.47. The number of fused-ring (bicyclic) bond motifs is 5. The Morgan fingerprint density at radius 2 is 1.71 bits per heavy atom. The number of carbonyl (C=O) groups is 1. The summed E-state index contributed by atoms with van der Waals surface area (Å²) in [5.41, 5.74) is -0.399. The van der Waals surface area contributed by atoms with Gasteiger partial charge in [-0.15, -0.1) is 0 Å². The standard InChI is InChI=1S/C13H21NO3/c1-13(2,3)17-12(15)14-6-8-9(7-14)11-5-4-10(8)16-11/h8-11H,4-7H2,1-3H3/t8?,9?,10-,11+. The maximum atomic E-state index is 12.0. The molecule has 3 rings (SSSR count). The minimum atomic E-state index is -0.399. The summed E-state index contributed by atoms with van der Waals surface area (Å²) in [6, 6.07) is 0. The van der Waals surface area contributed by atoms with Crippen LogP contribution in [0.5, 0.6) is 0 Å². The van der Waals surface area contributed by atoms with Gasteiger partial charge in [0.1, 0.15) is 5.60 Å². The first-order chi connectivity index (χ1) is 7.94. The Morgan fingerprint density at radius 1 is 1.18 bits per heavy atom. The van der Waals surface area contributed by atoms with Crippen LogP contribution in [0.15, 0.2) is 0 Å². The number of amides is 1. The minimum Gasteiger partial charge on any atom is -0.444 e. The van der Waals surface area contributed by atoms with Crippen LogP contribution in [0.25, 0.3) is 0 Å². The summed E-state index contributed by atoms with van der Waals surface area (Å²) in [4.78, 5) is 13.9. The van der Waals surface area contributed by atoms with Gasteiger partial charge in [-0.1, -0.05) is 0 Å². The molecule has 0 aliphatic carbocycles. The molecular weight excluding hydrogens is 218 g/mol. The zero-order valence-corrected chi connectivity index (χ0v) is 10.8. The summed E-state index contributed by atoms with van der Waals surface area (Å²) < 4.78 is 11.3. The van der Waals surface area contributed by atoms with Crippen molar-refractivity contribution in [2.24, 2.45) is 11.8 Å². The number of rotatable bonds is 0. The van der Waals surface area contributed by atoms with E-state index in [4.69, 9.17) is 9.47 Å². The smallest absolute Gasteiger partial charge is 0.410 e. The molecule has 3 heterocycles. The highest BCUT2D eigenvalue weighted by atomic mass is 16.6. The quantitative estimate of drug-likeness (QED) is 0.649. The molecule has 1 amide bonds. The maximum absolute atomic E-state index is 12.0. The number of ether oxygens (including phenoxy) is 2. The highest BCUT2D eigenvalue weighted by Gasteiger charge is 2.54. The second-order valence-electron chi connectivity index (χ2n) is 6.50. The molecule has 0 saturated carbocycles. The molecule has 4 atom stereocenters. The van der Waals surface area contributed by atoms with Crippen molar-refractivity contribution in [1.29, 1.82) is 0 Å². The van der Waals surface area contributed by atoms with Crippen molar-refractivity contribution >= 4 is 6.09 Å². The summed E-state index contributed by atoms with van der Waals surface area (Å²) >= 11 is 0. The van der Waals surface area contributed by atoms with Crippen LogP contribution in [-0.4, -0.2) is 41.9 Å². The first kappa shape index (κ1) is 11.3. The van der Waals surface area contributed by atoms with Gasteiger partial charge in [0, 0.05) is 24.9 Å². The molecule has 96 valence electrons. The van der Waals surface area contributed by atoms with Gasteiger partial charge in [-0.25, -0.2) is 4.79 Å². The van der Waals surface area contributed by atoms with Gasteiger partial charge in [0.25, 0.3) is 0 Å². The molecule has 0 aromatic carbocycles. The SMILES string of the molecule is CC(C)(C)OC(=O)N1CC2C(C1)[C@H]1CC[C@@H]2O1. The Morgan fingerprint density at radius 3 is 2.18 bits per heavy atom. The molecule has 4 nitrogen and oxygen atoms in total. The van der Waals surface area contributed by atoms with E-state index in [2.05, 4.69) is 0 Å². The number of nitrogens with zero attached hydrogens (tertiary/aromatic N) is 1. The van der Waals surface area contributed by atoms with E-state index in [9.17, 15) is 4.79 Å². The van der Waals surface area contributed by atoms with Crippen LogP contribution < -0.4 is 0 Å². The molecular formula is C13H21NO3. The molecule has 3 fully saturated rings. The van der Waals surface area contributed by atoms with E-state index in [1.54, 1.807) is 0 Å². The zero-order chi connectivity index (χ0) is 12.2. The van der Waals surface area contributed by atoms with Crippen molar-refractivity contribution in [3.63, 3.8) is 0 Å². The molecule has 2 bridgehead atoms. The molecule has 3 aliphatic heterocycles. The highest BCUT2D eigenvalue weighted by molar-refractivity contribution is 5.68. The van der Waals surface area contributed by atoms with Gasteiger partial charge in [-0.3, -0.25) is 0 Å². The molecule has 0 aromatic heterocycles. The predicted octanol–water partition coefficient (Wildman–Crippen LogP) is 2.03. The van der Waals surface area contributed by atoms with Gasteiger partial charge in [-0.05, 0) is 33.6 Å². The van der Waals surface area contributed by atoms with Crippen molar-refractivity contribution in [3.8, 4) is 0 Å². The van der Waals surface area contributed by atoms with Crippen LogP contribution in [0.1, 0.15) is 33.6 Å². The number of carbonyl (C=O) groups excluding carboxylic acids is 1. The Bertz CT molecular complexity index is 318. The normalized spacial score (nSPS) is 39.6. The van der Waals surface area contributed by atoms with Crippen LogP contribution in [0.3, 0.4) is 0 Å². The molecule has 0 aromatic rings. The van der Waals surface area contributed by atoms with Crippen LogP contribution in [-0.2, 0) is 9.47 Å². The fourth-order valence-corrected chi connectivity index (χ4v) is 3.44. The second kappa shape index (κ2) is 3.61. The van der Waals surface area contributed by atoms with Gasteiger partial charge in [-0.2, -0.15) is 0 Å². The minimum absolute atomic E-state index is 0.161. The molecule has 2 unspecified atom stereocenters. The van der Waals surface area contributed by atoms with Gasteiger partial charge in [0.2, 0.25) is 0 Å². The topological polar surface area (TPSA) is 38.8 Å². The summed E-state index contributed by atoms with van der Waals surface area (Å²) in [6.45, 7) is 7.37. The second-order valence-corrected chi connectivity index (χ2v) is 6.50. The largest absolute Gasteiger partial charge is 0.444 e. The fourth-order valence-electron chi connectivity index (χ4n) is 3.44. The van der Waals surface area contributed by atoms with E-state index in [-0.39, 0.29) is 6.09 Å². The molecule has 0 spiro atoms. The lowest BCUT2D eigenvalue weighted by atomic mass is 9.82. The van der Waals surface area contributed by atoms with Crippen molar-refractivity contribution in [3.05, 3.63) is 0 Å². The average Bonchev–Trinajstić information content (AvgIpc) is 2.87. The Labute approximate surface area is 102 Å². The molecule has 0 N–H and O–H groups in total. The van der Waals surface area contributed by atoms with Crippen LogP contribution in [0.2, 0.25) is 0 Å². The predicted molar refractivity (Wildman–Crippen MR) is 62.7 cm³/mol. The van der Waals surface area contributed by atoms with E-state index >= 15 is 0 Å². The lowest BCUT2D eigenvalue weighted by Crippen LogP contribution is -2.36. The Balaban J connectivity index is 1.63. The molecule has 17 heavy (non-hydrogen) atoms. The number of hydrogen-bond donors (Lipinski definition) is 0. The summed E-state index contributed by atoms with van der Waals surface area (Å²) in [5, 5.41) is 0. The lowest BCUT2D eigenvalue weighted by molar-refractivity contribution is 0.0206. The summed E-state index contributed by atoms with van der Waals surface area (Å²) in [7, 11) is 0. The van der Waals surface area contributed by atoms with Crippen molar-refractivity contribution in [2.45, 2.75) is 51.4 Å². The van der Waals surface area contributed by atoms with Crippen LogP contribution in [0, 0.1) is 11.8 Å². The molecule has 3 aliphatic rings. The van der Waals surface area contributed by atoms with E-state index in [0.29, 0.717) is 24.0 Å². The fraction of sp³-hybridized carbons (Fsp3) is 0.923.